The Morgan fingerprint density at radius 3 is 2.43 bits per heavy atom. The molecular formula is C6H5ClN4O2S. The van der Waals surface area contributed by atoms with Crippen LogP contribution in [0.5, 0.6) is 0 Å². The highest BCUT2D eigenvalue weighted by Gasteiger charge is 2.05. The van der Waals surface area contributed by atoms with Crippen LogP contribution in [0.25, 0.3) is 10.4 Å². The van der Waals surface area contributed by atoms with E-state index in [9.17, 15) is 8.42 Å². The summed E-state index contributed by atoms with van der Waals surface area (Å²) in [6, 6.07) is 5.92. The van der Waals surface area contributed by atoms with E-state index in [2.05, 4.69) is 9.43 Å². The van der Waals surface area contributed by atoms with Crippen LogP contribution in [0.3, 0.4) is 0 Å². The van der Waals surface area contributed by atoms with Crippen LogP contribution < -0.4 is 4.72 Å². The van der Waals surface area contributed by atoms with Gasteiger partial charge in [0.05, 0.1) is 4.52 Å². The number of halogens is 1. The lowest BCUT2D eigenvalue weighted by atomic mass is 10.3. The van der Waals surface area contributed by atoms with E-state index >= 15 is 0 Å². The summed E-state index contributed by atoms with van der Waals surface area (Å²) in [6.07, 6.45) is 0. The molecule has 0 atom stereocenters. The Kier molecular flexibility index (Phi) is 3.19. The zero-order chi connectivity index (χ0) is 10.6. The Morgan fingerprint density at radius 2 is 1.93 bits per heavy atom. The minimum absolute atomic E-state index is 0.279. The van der Waals surface area contributed by atoms with Crippen molar-refractivity contribution in [1.29, 1.82) is 0 Å². The summed E-state index contributed by atoms with van der Waals surface area (Å²) in [5.74, 6) is 0. The molecule has 0 aromatic heterocycles. The van der Waals surface area contributed by atoms with Crippen molar-refractivity contribution >= 4 is 27.5 Å². The highest BCUT2D eigenvalue weighted by atomic mass is 35.5. The van der Waals surface area contributed by atoms with Gasteiger partial charge in [-0.2, -0.15) is 8.42 Å². The molecule has 0 fully saturated rings. The fourth-order valence-electron chi connectivity index (χ4n) is 0.735. The van der Waals surface area contributed by atoms with E-state index < -0.39 is 10.2 Å². The van der Waals surface area contributed by atoms with Crippen molar-refractivity contribution in [3.05, 3.63) is 39.7 Å². The Morgan fingerprint density at radius 1 is 1.36 bits per heavy atom. The van der Waals surface area contributed by atoms with Crippen molar-refractivity contribution in [3.63, 3.8) is 0 Å². The van der Waals surface area contributed by atoms with Gasteiger partial charge in [0.2, 0.25) is 0 Å². The van der Waals surface area contributed by atoms with Crippen LogP contribution in [-0.2, 0) is 10.2 Å². The number of nitrogens with zero attached hydrogens (tertiary/aromatic N) is 3. The van der Waals surface area contributed by atoms with Gasteiger partial charge in [0.1, 0.15) is 0 Å². The van der Waals surface area contributed by atoms with Gasteiger partial charge in [-0.1, -0.05) is 11.6 Å². The number of hydrogen-bond donors (Lipinski definition) is 1. The van der Waals surface area contributed by atoms with Gasteiger partial charge >= 0.3 is 10.2 Å². The Labute approximate surface area is 85.3 Å². The molecule has 0 unspecified atom stereocenters. The largest absolute Gasteiger partial charge is 0.322 e. The molecule has 14 heavy (non-hydrogen) atoms. The topological polar surface area (TPSA) is 94.9 Å². The molecule has 0 bridgehead atoms. The molecule has 0 aliphatic heterocycles. The monoisotopic (exact) mass is 232 g/mol. The molecule has 6 nitrogen and oxygen atoms in total. The standard InChI is InChI=1S/C6H5ClN4O2S/c7-5-1-3-6(4-2-5)9-14(12,13)11-10-8/h1-4,9H. The van der Waals surface area contributed by atoms with Crippen LogP contribution in [0.1, 0.15) is 0 Å². The molecule has 1 aromatic carbocycles. The summed E-state index contributed by atoms with van der Waals surface area (Å²) in [5.41, 5.74) is 8.22. The minimum atomic E-state index is -3.98. The summed E-state index contributed by atoms with van der Waals surface area (Å²) in [6.45, 7) is 0. The molecule has 0 spiro atoms. The third kappa shape index (κ3) is 3.14. The van der Waals surface area contributed by atoms with Gasteiger partial charge in [0.15, 0.2) is 0 Å². The van der Waals surface area contributed by atoms with Crippen LogP contribution in [0.15, 0.2) is 28.8 Å². The number of rotatable bonds is 3. The van der Waals surface area contributed by atoms with Crippen LogP contribution in [0, 0.1) is 0 Å². The number of benzene rings is 1. The molecule has 0 amide bonds. The molecule has 1 N–H and O–H groups in total. The molecule has 0 heterocycles. The van der Waals surface area contributed by atoms with Gasteiger partial charge < -0.3 is 0 Å². The van der Waals surface area contributed by atoms with Crippen molar-refractivity contribution in [1.82, 2.24) is 0 Å². The lowest BCUT2D eigenvalue weighted by Crippen LogP contribution is -2.07. The lowest BCUT2D eigenvalue weighted by molar-refractivity contribution is 0.602. The van der Waals surface area contributed by atoms with E-state index in [-0.39, 0.29) is 5.69 Å². The summed E-state index contributed by atoms with van der Waals surface area (Å²) < 4.78 is 26.5. The fourth-order valence-corrected chi connectivity index (χ4v) is 1.43. The van der Waals surface area contributed by atoms with Crippen LogP contribution in [0.2, 0.25) is 5.02 Å². The minimum Gasteiger partial charge on any atom is -0.277 e. The number of azide groups is 1. The number of anilines is 1. The van der Waals surface area contributed by atoms with Crippen molar-refractivity contribution in [2.45, 2.75) is 0 Å². The summed E-state index contributed by atoms with van der Waals surface area (Å²) in [5, 5.41) is 0.483. The van der Waals surface area contributed by atoms with Crippen molar-refractivity contribution in [2.75, 3.05) is 4.72 Å². The molecule has 1 rings (SSSR count). The first kappa shape index (κ1) is 10.6. The highest BCUT2D eigenvalue weighted by Crippen LogP contribution is 2.14. The SMILES string of the molecule is [N-]=[N+]=NS(=O)(=O)Nc1ccc(Cl)cc1. The molecule has 0 saturated carbocycles. The second-order valence-electron chi connectivity index (χ2n) is 2.26. The smallest absolute Gasteiger partial charge is 0.277 e. The molecule has 0 aliphatic carbocycles. The van der Waals surface area contributed by atoms with Crippen LogP contribution in [0.4, 0.5) is 5.69 Å². The molecule has 0 radical (unpaired) electrons. The quantitative estimate of drug-likeness (QED) is 0.492. The van der Waals surface area contributed by atoms with Gasteiger partial charge in [-0.15, -0.1) is 0 Å². The molecule has 0 aliphatic rings. The maximum atomic E-state index is 10.9. The zero-order valence-corrected chi connectivity index (χ0v) is 8.33. The third-order valence-corrected chi connectivity index (χ3v) is 2.27. The van der Waals surface area contributed by atoms with Crippen LogP contribution in [-0.4, -0.2) is 8.42 Å². The van der Waals surface area contributed by atoms with Crippen molar-refractivity contribution in [2.24, 2.45) is 4.52 Å². The average molecular weight is 233 g/mol. The van der Waals surface area contributed by atoms with Crippen molar-refractivity contribution < 1.29 is 8.42 Å². The molecular weight excluding hydrogens is 228 g/mol. The summed E-state index contributed by atoms with van der Waals surface area (Å²) in [7, 11) is -3.98. The Hall–Kier alpha value is -1.43. The van der Waals surface area contributed by atoms with E-state index in [1.165, 1.54) is 24.3 Å². The summed E-state index contributed by atoms with van der Waals surface area (Å²) >= 11 is 5.58. The highest BCUT2D eigenvalue weighted by molar-refractivity contribution is 7.91. The first-order chi connectivity index (χ1) is 6.53. The first-order valence-corrected chi connectivity index (χ1v) is 5.20. The third-order valence-electron chi connectivity index (χ3n) is 1.24. The molecule has 8 heteroatoms. The fraction of sp³-hybridized carbons (Fsp3) is 0. The predicted octanol–water partition coefficient (Wildman–Crippen LogP) is 2.31. The second kappa shape index (κ2) is 4.19. The van der Waals surface area contributed by atoms with Crippen molar-refractivity contribution in [3.8, 4) is 0 Å². The molecule has 74 valence electrons. The Balaban J connectivity index is 2.90. The van der Waals surface area contributed by atoms with Gasteiger partial charge in [-0.05, 0) is 29.8 Å². The van der Waals surface area contributed by atoms with E-state index in [4.69, 9.17) is 17.1 Å². The summed E-state index contributed by atoms with van der Waals surface area (Å²) in [4.78, 5) is 2.17. The van der Waals surface area contributed by atoms with E-state index in [0.717, 1.165) is 0 Å². The van der Waals surface area contributed by atoms with Gasteiger partial charge in [0, 0.05) is 15.6 Å². The van der Waals surface area contributed by atoms with Gasteiger partial charge in [0.25, 0.3) is 0 Å². The first-order valence-electron chi connectivity index (χ1n) is 3.38. The maximum Gasteiger partial charge on any atom is 0.322 e. The number of nitrogens with one attached hydrogen (secondary N) is 1. The molecule has 1 aromatic rings. The Bertz CT molecular complexity index is 463. The zero-order valence-electron chi connectivity index (χ0n) is 6.75. The van der Waals surface area contributed by atoms with E-state index in [0.29, 0.717) is 5.02 Å². The lowest BCUT2D eigenvalue weighted by Gasteiger charge is -2.01. The second-order valence-corrected chi connectivity index (χ2v) is 4.01. The molecule has 0 saturated heterocycles. The average Bonchev–Trinajstić information content (AvgIpc) is 2.08. The van der Waals surface area contributed by atoms with E-state index in [1.807, 2.05) is 4.72 Å². The van der Waals surface area contributed by atoms with Gasteiger partial charge in [-0.25, -0.2) is 0 Å². The van der Waals surface area contributed by atoms with E-state index in [1.54, 1.807) is 0 Å². The number of hydrogen-bond acceptors (Lipinski definition) is 2. The van der Waals surface area contributed by atoms with Crippen LogP contribution >= 0.6 is 11.6 Å². The maximum absolute atomic E-state index is 10.9. The van der Waals surface area contributed by atoms with Gasteiger partial charge in [-0.3, -0.25) is 4.72 Å². The predicted molar refractivity (Wildman–Crippen MR) is 53.1 cm³/mol. The normalized spacial score (nSPS) is 10.4.